The number of aliphatic hydroxyl groups is 1. The molecule has 1 heterocycles. The van der Waals surface area contributed by atoms with Crippen molar-refractivity contribution in [3.8, 4) is 5.75 Å². The summed E-state index contributed by atoms with van der Waals surface area (Å²) in [7, 11) is 1.55. The number of benzene rings is 2. The number of rotatable bonds is 9. The summed E-state index contributed by atoms with van der Waals surface area (Å²) in [6, 6.07) is 14.1. The van der Waals surface area contributed by atoms with Crippen LogP contribution in [0.25, 0.3) is 5.76 Å². The number of likely N-dealkylation sites (tertiary alicyclic amines) is 1. The molecule has 2 aromatic rings. The van der Waals surface area contributed by atoms with Crippen molar-refractivity contribution in [3.05, 3.63) is 70.8 Å². The van der Waals surface area contributed by atoms with Gasteiger partial charge in [0.05, 0.1) is 24.8 Å². The third kappa shape index (κ3) is 5.50. The molecule has 0 aromatic heterocycles. The van der Waals surface area contributed by atoms with Crippen molar-refractivity contribution < 1.29 is 24.2 Å². The Kier molecular flexibility index (Phi) is 8.15. The van der Waals surface area contributed by atoms with Gasteiger partial charge in [-0.25, -0.2) is 0 Å². The Morgan fingerprint density at radius 2 is 1.65 bits per heavy atom. The molecule has 1 N–H and O–H groups in total. The maximum Gasteiger partial charge on any atom is 0.295 e. The fourth-order valence-corrected chi connectivity index (χ4v) is 4.01. The maximum absolute atomic E-state index is 13.1. The highest BCUT2D eigenvalue weighted by Gasteiger charge is 2.45. The van der Waals surface area contributed by atoms with Crippen LogP contribution in [-0.2, 0) is 19.7 Å². The minimum absolute atomic E-state index is 0.0304. The summed E-state index contributed by atoms with van der Waals surface area (Å²) in [5, 5.41) is 11.2. The summed E-state index contributed by atoms with van der Waals surface area (Å²) >= 11 is 0. The maximum atomic E-state index is 13.1. The fourth-order valence-electron chi connectivity index (χ4n) is 4.01. The van der Waals surface area contributed by atoms with Gasteiger partial charge in [-0.3, -0.25) is 9.59 Å². The quantitative estimate of drug-likeness (QED) is 0.237. The number of unbranched alkanes of at least 4 members (excludes halogenated alkanes) is 1. The van der Waals surface area contributed by atoms with Crippen molar-refractivity contribution in [1.82, 2.24) is 4.90 Å². The van der Waals surface area contributed by atoms with Crippen molar-refractivity contribution >= 4 is 17.4 Å². The molecule has 0 saturated carbocycles. The van der Waals surface area contributed by atoms with Crippen LogP contribution < -0.4 is 4.74 Å². The minimum Gasteiger partial charge on any atom is -0.507 e. The van der Waals surface area contributed by atoms with Gasteiger partial charge < -0.3 is 19.5 Å². The monoisotopic (exact) mass is 465 g/mol. The number of ketones is 1. The number of ether oxygens (including phenoxy) is 2. The fraction of sp³-hybridized carbons (Fsp3) is 0.429. The molecule has 1 saturated heterocycles. The second-order valence-corrected chi connectivity index (χ2v) is 9.58. The Hall–Kier alpha value is -3.12. The number of hydrogen-bond acceptors (Lipinski definition) is 5. The first-order chi connectivity index (χ1) is 16.2. The zero-order valence-electron chi connectivity index (χ0n) is 20.8. The number of hydrogen-bond donors (Lipinski definition) is 1. The van der Waals surface area contributed by atoms with Crippen LogP contribution in [0.2, 0.25) is 0 Å². The van der Waals surface area contributed by atoms with E-state index in [-0.39, 0.29) is 29.9 Å². The number of Topliss-reactive ketones (excluding diaryl/α,β-unsaturated/α-hetero) is 1. The average molecular weight is 466 g/mol. The number of aliphatic hydroxyl groups excluding tert-OH is 1. The van der Waals surface area contributed by atoms with Gasteiger partial charge in [-0.1, -0.05) is 58.4 Å². The molecule has 1 fully saturated rings. The Bertz CT molecular complexity index is 1030. The number of carbonyl (C=O) groups is 2. The van der Waals surface area contributed by atoms with E-state index in [1.165, 1.54) is 4.90 Å². The molecule has 3 rings (SSSR count). The van der Waals surface area contributed by atoms with E-state index in [9.17, 15) is 14.7 Å². The zero-order chi connectivity index (χ0) is 24.9. The molecule has 6 heteroatoms. The van der Waals surface area contributed by atoms with Crippen LogP contribution in [0.15, 0.2) is 54.1 Å². The SMILES string of the molecule is CCCCOc1ccc(/C(O)=C2\C(=O)C(=O)N(CCOC)C2c2ccc(C(C)(C)C)cc2)cc1. The first-order valence-corrected chi connectivity index (χ1v) is 11.8. The van der Waals surface area contributed by atoms with Crippen LogP contribution in [0.1, 0.15) is 63.3 Å². The molecule has 1 amide bonds. The zero-order valence-corrected chi connectivity index (χ0v) is 20.8. The lowest BCUT2D eigenvalue weighted by molar-refractivity contribution is -0.140. The first-order valence-electron chi connectivity index (χ1n) is 11.8. The Morgan fingerprint density at radius 3 is 2.21 bits per heavy atom. The number of nitrogens with zero attached hydrogens (tertiary/aromatic N) is 1. The summed E-state index contributed by atoms with van der Waals surface area (Å²) in [5.41, 5.74) is 2.43. The van der Waals surface area contributed by atoms with Crippen molar-refractivity contribution in [1.29, 1.82) is 0 Å². The lowest BCUT2D eigenvalue weighted by Crippen LogP contribution is -2.32. The highest BCUT2D eigenvalue weighted by atomic mass is 16.5. The van der Waals surface area contributed by atoms with E-state index in [1.807, 2.05) is 24.3 Å². The third-order valence-corrected chi connectivity index (χ3v) is 6.06. The van der Waals surface area contributed by atoms with Gasteiger partial charge in [0.25, 0.3) is 11.7 Å². The molecule has 1 aliphatic rings. The lowest BCUT2D eigenvalue weighted by atomic mass is 9.85. The first kappa shape index (κ1) is 25.5. The van der Waals surface area contributed by atoms with Crippen LogP contribution in [0.3, 0.4) is 0 Å². The minimum atomic E-state index is -0.693. The number of amides is 1. The largest absolute Gasteiger partial charge is 0.507 e. The Labute approximate surface area is 202 Å². The summed E-state index contributed by atoms with van der Waals surface area (Å²) in [6.45, 7) is 9.63. The predicted molar refractivity (Wildman–Crippen MR) is 133 cm³/mol. The highest BCUT2D eigenvalue weighted by molar-refractivity contribution is 6.46. The molecule has 0 aliphatic carbocycles. The van der Waals surface area contributed by atoms with Gasteiger partial charge in [-0.05, 0) is 47.2 Å². The Morgan fingerprint density at radius 1 is 1.00 bits per heavy atom. The van der Waals surface area contributed by atoms with Crippen LogP contribution in [0.4, 0.5) is 0 Å². The van der Waals surface area contributed by atoms with Crippen LogP contribution in [-0.4, -0.2) is 48.6 Å². The van der Waals surface area contributed by atoms with Crippen molar-refractivity contribution in [2.24, 2.45) is 0 Å². The van der Waals surface area contributed by atoms with Gasteiger partial charge in [0.1, 0.15) is 11.5 Å². The molecule has 2 aromatic carbocycles. The number of methoxy groups -OCH3 is 1. The molecule has 1 atom stereocenters. The van der Waals surface area contributed by atoms with Gasteiger partial charge >= 0.3 is 0 Å². The van der Waals surface area contributed by atoms with E-state index in [2.05, 4.69) is 27.7 Å². The molecule has 182 valence electrons. The molecule has 0 bridgehead atoms. The topological polar surface area (TPSA) is 76.1 Å². The Balaban J connectivity index is 2.02. The van der Waals surface area contributed by atoms with Gasteiger partial charge in [0.15, 0.2) is 0 Å². The summed E-state index contributed by atoms with van der Waals surface area (Å²) < 4.78 is 10.9. The van der Waals surface area contributed by atoms with Crippen LogP contribution in [0, 0.1) is 0 Å². The average Bonchev–Trinajstić information content (AvgIpc) is 3.07. The summed E-state index contributed by atoms with van der Waals surface area (Å²) in [5.74, 6) is -0.826. The van der Waals surface area contributed by atoms with Gasteiger partial charge in [-0.2, -0.15) is 0 Å². The second kappa shape index (κ2) is 10.9. The molecule has 6 nitrogen and oxygen atoms in total. The van der Waals surface area contributed by atoms with Crippen molar-refractivity contribution in [3.63, 3.8) is 0 Å². The third-order valence-electron chi connectivity index (χ3n) is 6.06. The summed E-state index contributed by atoms with van der Waals surface area (Å²) in [4.78, 5) is 27.5. The molecular formula is C28H35NO5. The normalized spacial score (nSPS) is 17.9. The van der Waals surface area contributed by atoms with E-state index in [1.54, 1.807) is 31.4 Å². The van der Waals surface area contributed by atoms with E-state index in [4.69, 9.17) is 9.47 Å². The number of carbonyl (C=O) groups excluding carboxylic acids is 2. The standard InChI is InChI=1S/C28H35NO5/c1-6-7-17-34-22-14-10-20(11-15-22)25(30)23-24(29(16-18-33-5)27(32)26(23)31)19-8-12-21(13-9-19)28(2,3)4/h8-15,24,30H,6-7,16-18H2,1-5H3/b25-23+. The van der Waals surface area contributed by atoms with Gasteiger partial charge in [0, 0.05) is 19.2 Å². The molecule has 1 unspecified atom stereocenters. The van der Waals surface area contributed by atoms with Crippen molar-refractivity contribution in [2.45, 2.75) is 52.0 Å². The summed E-state index contributed by atoms with van der Waals surface area (Å²) in [6.07, 6.45) is 2.00. The van der Waals surface area contributed by atoms with E-state index >= 15 is 0 Å². The van der Waals surface area contributed by atoms with E-state index in [0.29, 0.717) is 17.9 Å². The predicted octanol–water partition coefficient (Wildman–Crippen LogP) is 5.23. The van der Waals surface area contributed by atoms with E-state index < -0.39 is 17.7 Å². The van der Waals surface area contributed by atoms with Crippen LogP contribution in [0.5, 0.6) is 5.75 Å². The molecule has 0 radical (unpaired) electrons. The lowest BCUT2D eigenvalue weighted by Gasteiger charge is -2.26. The molecular weight excluding hydrogens is 430 g/mol. The molecule has 0 spiro atoms. The smallest absolute Gasteiger partial charge is 0.295 e. The molecule has 34 heavy (non-hydrogen) atoms. The van der Waals surface area contributed by atoms with Gasteiger partial charge in [-0.15, -0.1) is 0 Å². The highest BCUT2D eigenvalue weighted by Crippen LogP contribution is 2.40. The van der Waals surface area contributed by atoms with E-state index in [0.717, 1.165) is 24.0 Å². The van der Waals surface area contributed by atoms with Crippen LogP contribution >= 0.6 is 0 Å². The second-order valence-electron chi connectivity index (χ2n) is 9.58. The van der Waals surface area contributed by atoms with Crippen molar-refractivity contribution in [2.75, 3.05) is 26.9 Å². The van der Waals surface area contributed by atoms with Gasteiger partial charge in [0.2, 0.25) is 0 Å². The molecule has 1 aliphatic heterocycles.